The van der Waals surface area contributed by atoms with Crippen LogP contribution >= 0.6 is 0 Å². The highest BCUT2D eigenvalue weighted by molar-refractivity contribution is 5.92. The Morgan fingerprint density at radius 1 is 1.37 bits per heavy atom. The van der Waals surface area contributed by atoms with E-state index in [-0.39, 0.29) is 5.91 Å². The summed E-state index contributed by atoms with van der Waals surface area (Å²) < 4.78 is 1.80. The maximum absolute atomic E-state index is 12.2. The van der Waals surface area contributed by atoms with Crippen molar-refractivity contribution in [3.63, 3.8) is 0 Å². The third-order valence-electron chi connectivity index (χ3n) is 4.93. The number of fused-ring (bicyclic) bond motifs is 2. The van der Waals surface area contributed by atoms with Gasteiger partial charge in [0.05, 0.1) is 12.2 Å². The highest BCUT2D eigenvalue weighted by atomic mass is 16.2. The van der Waals surface area contributed by atoms with Gasteiger partial charge in [-0.25, -0.2) is 4.68 Å². The van der Waals surface area contributed by atoms with Crippen molar-refractivity contribution in [2.75, 3.05) is 13.1 Å². The second-order valence-electron chi connectivity index (χ2n) is 6.15. The van der Waals surface area contributed by atoms with Crippen LogP contribution in [0.25, 0.3) is 0 Å². The minimum atomic E-state index is -0.0592. The summed E-state index contributed by atoms with van der Waals surface area (Å²) in [5.74, 6) is 1.47. The van der Waals surface area contributed by atoms with Gasteiger partial charge in [0.2, 0.25) is 0 Å². The van der Waals surface area contributed by atoms with Gasteiger partial charge in [0, 0.05) is 19.1 Å². The Labute approximate surface area is 111 Å². The molecule has 2 heterocycles. The van der Waals surface area contributed by atoms with Crippen LogP contribution in [-0.2, 0) is 0 Å². The number of nitrogens with zero attached hydrogens (tertiary/aromatic N) is 3. The molecule has 3 fully saturated rings. The molecular formula is C13H19N5O. The summed E-state index contributed by atoms with van der Waals surface area (Å²) in [5.41, 5.74) is 0.453. The minimum Gasteiger partial charge on any atom is -0.348 e. The lowest BCUT2D eigenvalue weighted by atomic mass is 9.95. The molecule has 3 atom stereocenters. The van der Waals surface area contributed by atoms with E-state index in [0.29, 0.717) is 23.7 Å². The second kappa shape index (κ2) is 4.30. The molecule has 1 aliphatic heterocycles. The first-order valence-corrected chi connectivity index (χ1v) is 7.23. The summed E-state index contributed by atoms with van der Waals surface area (Å²) in [5, 5.41) is 14.4. The van der Waals surface area contributed by atoms with Gasteiger partial charge in [0.15, 0.2) is 5.69 Å². The Balaban J connectivity index is 1.41. The van der Waals surface area contributed by atoms with Crippen molar-refractivity contribution < 1.29 is 4.79 Å². The van der Waals surface area contributed by atoms with Gasteiger partial charge in [0.1, 0.15) is 0 Å². The molecule has 102 valence electrons. The van der Waals surface area contributed by atoms with E-state index in [1.807, 2.05) is 0 Å². The first-order valence-electron chi connectivity index (χ1n) is 7.23. The van der Waals surface area contributed by atoms with Gasteiger partial charge in [-0.05, 0) is 31.1 Å². The van der Waals surface area contributed by atoms with E-state index in [2.05, 4.69) is 20.9 Å². The fourth-order valence-electron chi connectivity index (χ4n) is 3.68. The Hall–Kier alpha value is -1.43. The standard InChI is InChI=1S/C13H19N5O/c19-13(15-11-4-8-1-2-9(11)3-8)12-7-18(17-16-12)10-5-14-6-10/h7-11,14H,1-6H2,(H,15,19). The second-order valence-corrected chi connectivity index (χ2v) is 6.15. The van der Waals surface area contributed by atoms with Gasteiger partial charge in [-0.1, -0.05) is 11.6 Å². The van der Waals surface area contributed by atoms with E-state index < -0.39 is 0 Å². The van der Waals surface area contributed by atoms with Crippen molar-refractivity contribution in [2.24, 2.45) is 11.8 Å². The minimum absolute atomic E-state index is 0.0592. The predicted molar refractivity (Wildman–Crippen MR) is 68.6 cm³/mol. The van der Waals surface area contributed by atoms with Crippen LogP contribution in [0.2, 0.25) is 0 Å². The Morgan fingerprint density at radius 2 is 2.26 bits per heavy atom. The quantitative estimate of drug-likeness (QED) is 0.823. The van der Waals surface area contributed by atoms with E-state index in [4.69, 9.17) is 0 Å². The maximum atomic E-state index is 12.2. The molecule has 2 N–H and O–H groups in total. The molecule has 3 unspecified atom stereocenters. The molecule has 4 rings (SSSR count). The van der Waals surface area contributed by atoms with E-state index in [9.17, 15) is 4.79 Å². The molecule has 1 amide bonds. The summed E-state index contributed by atoms with van der Waals surface area (Å²) in [6.07, 6.45) is 6.84. The zero-order chi connectivity index (χ0) is 12.8. The highest BCUT2D eigenvalue weighted by Gasteiger charge is 2.40. The van der Waals surface area contributed by atoms with Crippen LogP contribution in [0.4, 0.5) is 0 Å². The zero-order valence-corrected chi connectivity index (χ0v) is 10.9. The molecule has 0 aromatic carbocycles. The average molecular weight is 261 g/mol. The van der Waals surface area contributed by atoms with E-state index in [1.165, 1.54) is 19.3 Å². The Morgan fingerprint density at radius 3 is 2.89 bits per heavy atom. The summed E-state index contributed by atoms with van der Waals surface area (Å²) in [7, 11) is 0. The molecule has 1 saturated heterocycles. The van der Waals surface area contributed by atoms with Crippen LogP contribution in [0.1, 0.15) is 42.2 Å². The normalized spacial score (nSPS) is 33.4. The molecule has 6 nitrogen and oxygen atoms in total. The van der Waals surface area contributed by atoms with Gasteiger partial charge in [0.25, 0.3) is 5.91 Å². The van der Waals surface area contributed by atoms with E-state index in [0.717, 1.165) is 25.4 Å². The summed E-state index contributed by atoms with van der Waals surface area (Å²) in [6.45, 7) is 1.83. The summed E-state index contributed by atoms with van der Waals surface area (Å²) in [6, 6.07) is 0.721. The first kappa shape index (κ1) is 11.4. The first-order chi connectivity index (χ1) is 9.29. The van der Waals surface area contributed by atoms with Crippen molar-refractivity contribution in [1.29, 1.82) is 0 Å². The van der Waals surface area contributed by atoms with Crippen LogP contribution in [0.3, 0.4) is 0 Å². The van der Waals surface area contributed by atoms with Crippen LogP contribution in [-0.4, -0.2) is 40.0 Å². The number of rotatable bonds is 3. The van der Waals surface area contributed by atoms with E-state index in [1.54, 1.807) is 10.9 Å². The van der Waals surface area contributed by atoms with Crippen LogP contribution in [0.5, 0.6) is 0 Å². The maximum Gasteiger partial charge on any atom is 0.273 e. The van der Waals surface area contributed by atoms with Crippen molar-refractivity contribution in [3.8, 4) is 0 Å². The van der Waals surface area contributed by atoms with Crippen molar-refractivity contribution in [3.05, 3.63) is 11.9 Å². The lowest BCUT2D eigenvalue weighted by molar-refractivity contribution is 0.0917. The predicted octanol–water partition coefficient (Wildman–Crippen LogP) is 0.341. The molecule has 2 saturated carbocycles. The third kappa shape index (κ3) is 1.94. The number of amides is 1. The summed E-state index contributed by atoms with van der Waals surface area (Å²) >= 11 is 0. The lowest BCUT2D eigenvalue weighted by Crippen LogP contribution is -2.43. The van der Waals surface area contributed by atoms with Crippen LogP contribution in [0, 0.1) is 11.8 Å². The third-order valence-corrected chi connectivity index (χ3v) is 4.93. The smallest absolute Gasteiger partial charge is 0.273 e. The molecular weight excluding hydrogens is 242 g/mol. The average Bonchev–Trinajstić information content (AvgIpc) is 3.01. The summed E-state index contributed by atoms with van der Waals surface area (Å²) in [4.78, 5) is 12.2. The molecule has 0 spiro atoms. The molecule has 19 heavy (non-hydrogen) atoms. The largest absolute Gasteiger partial charge is 0.348 e. The molecule has 3 aliphatic rings. The molecule has 1 aromatic rings. The molecule has 1 aromatic heterocycles. The van der Waals surface area contributed by atoms with Crippen molar-refractivity contribution in [2.45, 2.75) is 37.8 Å². The van der Waals surface area contributed by atoms with Gasteiger partial charge < -0.3 is 10.6 Å². The van der Waals surface area contributed by atoms with Gasteiger partial charge >= 0.3 is 0 Å². The van der Waals surface area contributed by atoms with Crippen molar-refractivity contribution >= 4 is 5.91 Å². The lowest BCUT2D eigenvalue weighted by Gasteiger charge is -2.26. The molecule has 0 radical (unpaired) electrons. The molecule has 6 heteroatoms. The fraction of sp³-hybridized carbons (Fsp3) is 0.769. The zero-order valence-electron chi connectivity index (χ0n) is 10.9. The van der Waals surface area contributed by atoms with Crippen LogP contribution < -0.4 is 10.6 Å². The SMILES string of the molecule is O=C(NC1CC2CCC1C2)c1cn(C2CNC2)nn1. The van der Waals surface area contributed by atoms with Gasteiger partial charge in [-0.3, -0.25) is 4.79 Å². The topological polar surface area (TPSA) is 71.8 Å². The molecule has 2 aliphatic carbocycles. The van der Waals surface area contributed by atoms with Gasteiger partial charge in [-0.15, -0.1) is 5.10 Å². The van der Waals surface area contributed by atoms with Gasteiger partial charge in [-0.2, -0.15) is 0 Å². The van der Waals surface area contributed by atoms with Crippen LogP contribution in [0.15, 0.2) is 6.20 Å². The number of hydrogen-bond acceptors (Lipinski definition) is 4. The number of carbonyl (C=O) groups excluding carboxylic acids is 1. The Kier molecular flexibility index (Phi) is 2.58. The highest BCUT2D eigenvalue weighted by Crippen LogP contribution is 2.44. The molecule has 2 bridgehead atoms. The number of carbonyl (C=O) groups is 1. The van der Waals surface area contributed by atoms with Crippen molar-refractivity contribution in [1.82, 2.24) is 25.6 Å². The Bertz CT molecular complexity index is 495. The number of aromatic nitrogens is 3. The fourth-order valence-corrected chi connectivity index (χ4v) is 3.68. The van der Waals surface area contributed by atoms with E-state index >= 15 is 0 Å². The number of nitrogens with one attached hydrogen (secondary N) is 2. The monoisotopic (exact) mass is 261 g/mol. The number of hydrogen-bond donors (Lipinski definition) is 2.